The summed E-state index contributed by atoms with van der Waals surface area (Å²) in [6.07, 6.45) is 6.52. The maximum Gasteiger partial charge on any atom is 0.410 e. The number of fused-ring (bicyclic) bond motifs is 1. The number of hydrogen-bond acceptors (Lipinski definition) is 9. The van der Waals surface area contributed by atoms with Crippen molar-refractivity contribution >= 4 is 44.5 Å². The highest BCUT2D eigenvalue weighted by molar-refractivity contribution is 7.22. The van der Waals surface area contributed by atoms with Gasteiger partial charge in [0.1, 0.15) is 5.60 Å². The quantitative estimate of drug-likeness (QED) is 0.374. The molecule has 202 valence electrons. The van der Waals surface area contributed by atoms with Gasteiger partial charge in [-0.05, 0) is 64.4 Å². The number of piperazine rings is 1. The molecule has 4 aromatic heterocycles. The van der Waals surface area contributed by atoms with Crippen LogP contribution in [0.2, 0.25) is 0 Å². The Bertz CT molecular complexity index is 1520. The summed E-state index contributed by atoms with van der Waals surface area (Å²) in [6.45, 7) is 11.0. The predicted molar refractivity (Wildman–Crippen MR) is 152 cm³/mol. The maximum atomic E-state index is 13.5. The third-order valence-corrected chi connectivity index (χ3v) is 7.24. The molecule has 5 heterocycles. The van der Waals surface area contributed by atoms with E-state index in [1.807, 2.05) is 58.9 Å². The predicted octanol–water partition coefficient (Wildman–Crippen LogP) is 5.15. The van der Waals surface area contributed by atoms with Gasteiger partial charge >= 0.3 is 6.09 Å². The molecule has 4 aromatic rings. The first-order valence-electron chi connectivity index (χ1n) is 12.8. The second kappa shape index (κ2) is 10.6. The first-order valence-corrected chi connectivity index (χ1v) is 13.6. The summed E-state index contributed by atoms with van der Waals surface area (Å²) >= 11 is 1.37. The number of amides is 2. The molecule has 5 rings (SSSR count). The zero-order valence-electron chi connectivity index (χ0n) is 22.6. The van der Waals surface area contributed by atoms with E-state index in [4.69, 9.17) is 4.74 Å². The highest BCUT2D eigenvalue weighted by atomic mass is 32.1. The molecule has 1 aliphatic rings. The Morgan fingerprint density at radius 3 is 2.56 bits per heavy atom. The van der Waals surface area contributed by atoms with Gasteiger partial charge in [0.25, 0.3) is 5.91 Å². The molecule has 0 bridgehead atoms. The number of pyridine rings is 3. The van der Waals surface area contributed by atoms with Crippen molar-refractivity contribution in [1.82, 2.24) is 24.8 Å². The number of aromatic nitrogens is 4. The molecule has 1 N–H and O–H groups in total. The fourth-order valence-corrected chi connectivity index (χ4v) is 5.37. The Hall–Kier alpha value is -4.12. The van der Waals surface area contributed by atoms with Crippen LogP contribution in [-0.2, 0) is 4.74 Å². The summed E-state index contributed by atoms with van der Waals surface area (Å²) in [5.41, 5.74) is 4.00. The summed E-state index contributed by atoms with van der Waals surface area (Å²) in [7, 11) is 0. The van der Waals surface area contributed by atoms with Gasteiger partial charge < -0.3 is 14.5 Å². The summed E-state index contributed by atoms with van der Waals surface area (Å²) in [6, 6.07) is 7.74. The molecular weight excluding hydrogens is 514 g/mol. The van der Waals surface area contributed by atoms with Crippen LogP contribution < -0.4 is 10.2 Å². The zero-order valence-corrected chi connectivity index (χ0v) is 23.5. The Morgan fingerprint density at radius 2 is 1.85 bits per heavy atom. The first-order chi connectivity index (χ1) is 18.6. The van der Waals surface area contributed by atoms with Gasteiger partial charge in [0.2, 0.25) is 0 Å². The molecule has 39 heavy (non-hydrogen) atoms. The number of carbonyl (C=O) groups is 2. The van der Waals surface area contributed by atoms with E-state index in [1.54, 1.807) is 29.7 Å². The van der Waals surface area contributed by atoms with Crippen molar-refractivity contribution in [1.29, 1.82) is 0 Å². The SMILES string of the molecule is Cc1cc(N2CCN(C(=O)OC(C)(C)C)CC2C)c(C(=O)Nc2nc3ncc(-c4ccncc4)cc3s2)cn1. The number of nitrogens with zero attached hydrogens (tertiary/aromatic N) is 6. The normalized spacial score (nSPS) is 15.9. The average molecular weight is 546 g/mol. The van der Waals surface area contributed by atoms with Crippen LogP contribution in [0.15, 0.2) is 49.1 Å². The molecule has 1 saturated heterocycles. The lowest BCUT2D eigenvalue weighted by atomic mass is 10.1. The van der Waals surface area contributed by atoms with Gasteiger partial charge in [-0.15, -0.1) is 0 Å². The summed E-state index contributed by atoms with van der Waals surface area (Å²) < 4.78 is 6.42. The molecule has 0 spiro atoms. The van der Waals surface area contributed by atoms with Crippen molar-refractivity contribution in [2.24, 2.45) is 0 Å². The Labute approximate surface area is 231 Å². The number of aryl methyl sites for hydroxylation is 1. The molecule has 1 unspecified atom stereocenters. The van der Waals surface area contributed by atoms with Crippen LogP contribution in [0.3, 0.4) is 0 Å². The summed E-state index contributed by atoms with van der Waals surface area (Å²) in [4.78, 5) is 47.4. The van der Waals surface area contributed by atoms with Crippen LogP contribution in [0, 0.1) is 6.92 Å². The fourth-order valence-electron chi connectivity index (χ4n) is 4.51. The second-order valence-electron chi connectivity index (χ2n) is 10.6. The van der Waals surface area contributed by atoms with Gasteiger partial charge in [-0.3, -0.25) is 20.1 Å². The van der Waals surface area contributed by atoms with Crippen LogP contribution >= 0.6 is 11.3 Å². The summed E-state index contributed by atoms with van der Waals surface area (Å²) in [5, 5.41) is 3.40. The molecule has 0 radical (unpaired) electrons. The molecule has 1 fully saturated rings. The van der Waals surface area contributed by atoms with E-state index in [0.29, 0.717) is 36.0 Å². The minimum absolute atomic E-state index is 0.0297. The lowest BCUT2D eigenvalue weighted by Gasteiger charge is -2.42. The third-order valence-electron chi connectivity index (χ3n) is 6.33. The molecule has 11 heteroatoms. The third kappa shape index (κ3) is 5.98. The molecule has 0 saturated carbocycles. The van der Waals surface area contributed by atoms with Crippen molar-refractivity contribution in [2.75, 3.05) is 29.9 Å². The lowest BCUT2D eigenvalue weighted by molar-refractivity contribution is 0.0218. The van der Waals surface area contributed by atoms with Crippen LogP contribution in [0.5, 0.6) is 0 Å². The van der Waals surface area contributed by atoms with Crippen LogP contribution in [-0.4, -0.2) is 68.1 Å². The molecule has 0 aromatic carbocycles. The monoisotopic (exact) mass is 545 g/mol. The number of ether oxygens (including phenoxy) is 1. The number of thiazole rings is 1. The van der Waals surface area contributed by atoms with Crippen LogP contribution in [0.1, 0.15) is 43.7 Å². The molecule has 2 amide bonds. The fraction of sp³-hybridized carbons (Fsp3) is 0.357. The highest BCUT2D eigenvalue weighted by Crippen LogP contribution is 2.31. The van der Waals surface area contributed by atoms with Gasteiger partial charge in [-0.25, -0.2) is 9.78 Å². The Kier molecular flexibility index (Phi) is 7.17. The van der Waals surface area contributed by atoms with Gasteiger partial charge in [0.05, 0.1) is 16.0 Å². The van der Waals surface area contributed by atoms with Crippen molar-refractivity contribution in [3.8, 4) is 11.1 Å². The van der Waals surface area contributed by atoms with Crippen molar-refractivity contribution in [3.63, 3.8) is 0 Å². The molecule has 10 nitrogen and oxygen atoms in total. The average Bonchev–Trinajstić information content (AvgIpc) is 3.29. The molecule has 0 aliphatic carbocycles. The number of nitrogens with one attached hydrogen (secondary N) is 1. The highest BCUT2D eigenvalue weighted by Gasteiger charge is 2.32. The lowest BCUT2D eigenvalue weighted by Crippen LogP contribution is -2.55. The van der Waals surface area contributed by atoms with Crippen molar-refractivity contribution in [2.45, 2.75) is 46.3 Å². The van der Waals surface area contributed by atoms with Gasteiger partial charge in [0.15, 0.2) is 10.8 Å². The molecular formula is C28H31N7O3S. The molecule has 1 aliphatic heterocycles. The number of anilines is 2. The van der Waals surface area contributed by atoms with E-state index in [0.717, 1.165) is 27.2 Å². The largest absolute Gasteiger partial charge is 0.444 e. The number of rotatable bonds is 4. The topological polar surface area (TPSA) is 113 Å². The van der Waals surface area contributed by atoms with E-state index < -0.39 is 5.60 Å². The minimum Gasteiger partial charge on any atom is -0.444 e. The second-order valence-corrected chi connectivity index (χ2v) is 11.6. The maximum absolute atomic E-state index is 13.5. The number of hydrogen-bond donors (Lipinski definition) is 1. The van der Waals surface area contributed by atoms with Crippen molar-refractivity contribution < 1.29 is 14.3 Å². The van der Waals surface area contributed by atoms with E-state index >= 15 is 0 Å². The van der Waals surface area contributed by atoms with E-state index in [1.165, 1.54) is 11.3 Å². The Balaban J connectivity index is 1.34. The first kappa shape index (κ1) is 26.5. The van der Waals surface area contributed by atoms with E-state index in [-0.39, 0.29) is 18.0 Å². The number of carbonyl (C=O) groups excluding carboxylic acids is 2. The summed E-state index contributed by atoms with van der Waals surface area (Å²) in [5.74, 6) is -0.298. The van der Waals surface area contributed by atoms with Crippen LogP contribution in [0.4, 0.5) is 15.6 Å². The smallest absolute Gasteiger partial charge is 0.410 e. The van der Waals surface area contributed by atoms with Crippen LogP contribution in [0.25, 0.3) is 21.5 Å². The molecule has 1 atom stereocenters. The standard InChI is InChI=1S/C28H31N7O3S/c1-17-12-22(35-11-10-34(16-18(35)2)27(37)38-28(3,4)5)21(15-30-17)25(36)33-26-32-24-23(39-26)13-20(14-31-24)19-6-8-29-9-7-19/h6-9,12-15,18H,10-11,16H2,1-5H3,(H,31,32,33,36). The van der Waals surface area contributed by atoms with E-state index in [2.05, 4.69) is 30.2 Å². The minimum atomic E-state index is -0.554. The van der Waals surface area contributed by atoms with E-state index in [9.17, 15) is 9.59 Å². The van der Waals surface area contributed by atoms with Gasteiger partial charge in [0, 0.05) is 61.7 Å². The zero-order chi connectivity index (χ0) is 27.7. The van der Waals surface area contributed by atoms with Gasteiger partial charge in [-0.1, -0.05) is 11.3 Å². The van der Waals surface area contributed by atoms with Gasteiger partial charge in [-0.2, -0.15) is 4.98 Å². The Morgan fingerprint density at radius 1 is 1.08 bits per heavy atom. The van der Waals surface area contributed by atoms with Crippen molar-refractivity contribution in [3.05, 3.63) is 60.3 Å².